The third-order valence-electron chi connectivity index (χ3n) is 5.45. The van der Waals surface area contributed by atoms with Crippen molar-refractivity contribution in [2.24, 2.45) is 5.73 Å². The minimum absolute atomic E-state index is 0.0140. The van der Waals surface area contributed by atoms with E-state index < -0.39 is 23.1 Å². The lowest BCUT2D eigenvalue weighted by atomic mass is 10.0. The van der Waals surface area contributed by atoms with Crippen LogP contribution in [0.4, 0.5) is 11.4 Å². The number of ether oxygens (including phenoxy) is 2. The number of benzene rings is 1. The van der Waals surface area contributed by atoms with E-state index in [-0.39, 0.29) is 30.5 Å². The fourth-order valence-corrected chi connectivity index (χ4v) is 3.88. The molecule has 164 valence electrons. The van der Waals surface area contributed by atoms with E-state index in [1.807, 2.05) is 13.8 Å². The highest BCUT2D eigenvalue weighted by molar-refractivity contribution is 6.04. The van der Waals surface area contributed by atoms with E-state index in [4.69, 9.17) is 25.7 Å². The molecule has 0 spiro atoms. The summed E-state index contributed by atoms with van der Waals surface area (Å²) in [4.78, 5) is 36.2. The van der Waals surface area contributed by atoms with E-state index in [0.29, 0.717) is 24.2 Å². The summed E-state index contributed by atoms with van der Waals surface area (Å²) in [6.07, 6.45) is 0.861. The van der Waals surface area contributed by atoms with Crippen molar-refractivity contribution in [1.29, 1.82) is 5.41 Å². The molecule has 2 unspecified atom stereocenters. The van der Waals surface area contributed by atoms with Crippen LogP contribution in [0.15, 0.2) is 18.2 Å². The number of hydrogen-bond acceptors (Lipinski definition) is 6. The van der Waals surface area contributed by atoms with Crippen molar-refractivity contribution < 1.29 is 29.0 Å². The van der Waals surface area contributed by atoms with Gasteiger partial charge in [0.05, 0.1) is 48.2 Å². The first kappa shape index (κ1) is 23.1. The normalized spacial score (nSPS) is 22.1. The number of amides is 1. The van der Waals surface area contributed by atoms with E-state index >= 15 is 0 Å². The van der Waals surface area contributed by atoms with Crippen LogP contribution in [-0.4, -0.2) is 53.8 Å². The lowest BCUT2D eigenvalue weighted by Gasteiger charge is -2.36. The number of carboxylic acid groups (broad SMARTS) is 1. The molecule has 0 aromatic heterocycles. The van der Waals surface area contributed by atoms with Crippen molar-refractivity contribution in [2.45, 2.75) is 51.2 Å². The van der Waals surface area contributed by atoms with Gasteiger partial charge in [0.2, 0.25) is 5.91 Å². The van der Waals surface area contributed by atoms with Gasteiger partial charge >= 0.3 is 11.9 Å². The Labute approximate surface area is 174 Å². The number of nitrogens with zero attached hydrogens (tertiary/aromatic N) is 1. The van der Waals surface area contributed by atoms with Gasteiger partial charge in [-0.15, -0.1) is 0 Å². The van der Waals surface area contributed by atoms with Gasteiger partial charge in [0, 0.05) is 13.3 Å². The Hall–Kier alpha value is -3.14. The van der Waals surface area contributed by atoms with Crippen LogP contribution in [-0.2, 0) is 19.1 Å². The SMILES string of the molecule is CCC1(N(C(=N)N)c2cc(C(=O)OC)ccc2NC(C)=O)CC1(C)OCCC(=O)O. The number of guanidine groups is 1. The zero-order chi connectivity index (χ0) is 22.7. The first-order chi connectivity index (χ1) is 14.0. The van der Waals surface area contributed by atoms with E-state index in [9.17, 15) is 14.4 Å². The summed E-state index contributed by atoms with van der Waals surface area (Å²) in [5, 5.41) is 19.8. The van der Waals surface area contributed by atoms with Crippen LogP contribution in [0.5, 0.6) is 0 Å². The second-order valence-electron chi connectivity index (χ2n) is 7.41. The van der Waals surface area contributed by atoms with Crippen LogP contribution < -0.4 is 16.0 Å². The molecule has 0 bridgehead atoms. The Bertz CT molecular complexity index is 873. The van der Waals surface area contributed by atoms with Crippen LogP contribution in [0.2, 0.25) is 0 Å². The average Bonchev–Trinajstić information content (AvgIpc) is 3.26. The number of rotatable bonds is 9. The number of anilines is 2. The molecule has 0 saturated heterocycles. The molecule has 1 saturated carbocycles. The number of methoxy groups -OCH3 is 1. The molecule has 1 aliphatic carbocycles. The smallest absolute Gasteiger partial charge is 0.337 e. The van der Waals surface area contributed by atoms with Gasteiger partial charge in [-0.2, -0.15) is 0 Å². The molecule has 5 N–H and O–H groups in total. The van der Waals surface area contributed by atoms with Crippen molar-refractivity contribution >= 4 is 35.2 Å². The third kappa shape index (κ3) is 4.38. The molecule has 1 aromatic carbocycles. The lowest BCUT2D eigenvalue weighted by Crippen LogP contribution is -2.51. The zero-order valence-electron chi connectivity index (χ0n) is 17.6. The topological polar surface area (TPSA) is 155 Å². The summed E-state index contributed by atoms with van der Waals surface area (Å²) in [5.74, 6) is -2.16. The second-order valence-corrected chi connectivity index (χ2v) is 7.41. The van der Waals surface area contributed by atoms with Crippen LogP contribution in [0, 0.1) is 5.41 Å². The molecule has 0 heterocycles. The maximum Gasteiger partial charge on any atom is 0.337 e. The molecule has 1 aliphatic rings. The van der Waals surface area contributed by atoms with Gasteiger partial charge in [-0.05, 0) is 31.5 Å². The fraction of sp³-hybridized carbons (Fsp3) is 0.500. The van der Waals surface area contributed by atoms with Gasteiger partial charge in [0.1, 0.15) is 0 Å². The Balaban J connectivity index is 2.53. The molecule has 10 nitrogen and oxygen atoms in total. The molecule has 2 rings (SSSR count). The maximum atomic E-state index is 12.1. The summed E-state index contributed by atoms with van der Waals surface area (Å²) >= 11 is 0. The standard InChI is InChI=1S/C20H28N4O6/c1-5-20(11-19(20,3)30-9-8-16(26)27)24(18(21)22)15-10-13(17(28)29-4)6-7-14(15)23-12(2)25/h6-7,10H,5,8-9,11H2,1-4H3,(H3,21,22)(H,23,25)(H,26,27). The Morgan fingerprint density at radius 3 is 2.53 bits per heavy atom. The summed E-state index contributed by atoms with van der Waals surface area (Å²) in [6.45, 7) is 5.10. The molecule has 1 amide bonds. The molecule has 1 fully saturated rings. The summed E-state index contributed by atoms with van der Waals surface area (Å²) in [7, 11) is 1.26. The Morgan fingerprint density at radius 1 is 1.37 bits per heavy atom. The molecule has 0 aliphatic heterocycles. The number of aliphatic carboxylic acids is 1. The lowest BCUT2D eigenvalue weighted by molar-refractivity contribution is -0.138. The second kappa shape index (κ2) is 8.70. The van der Waals surface area contributed by atoms with Crippen molar-refractivity contribution in [3.63, 3.8) is 0 Å². The number of nitrogens with one attached hydrogen (secondary N) is 2. The van der Waals surface area contributed by atoms with E-state index in [1.54, 1.807) is 6.07 Å². The van der Waals surface area contributed by atoms with Gasteiger partial charge in [-0.1, -0.05) is 6.92 Å². The molecule has 30 heavy (non-hydrogen) atoms. The molecule has 0 radical (unpaired) electrons. The minimum Gasteiger partial charge on any atom is -0.481 e. The van der Waals surface area contributed by atoms with Gasteiger partial charge in [-0.25, -0.2) is 4.79 Å². The molecular weight excluding hydrogens is 392 g/mol. The first-order valence-corrected chi connectivity index (χ1v) is 9.51. The number of esters is 1. The predicted molar refractivity (Wildman–Crippen MR) is 111 cm³/mol. The van der Waals surface area contributed by atoms with Crippen LogP contribution in [0.25, 0.3) is 0 Å². The number of carboxylic acids is 1. The largest absolute Gasteiger partial charge is 0.481 e. The number of nitrogens with two attached hydrogens (primary N) is 1. The van der Waals surface area contributed by atoms with E-state index in [2.05, 4.69) is 5.32 Å². The van der Waals surface area contributed by atoms with Crippen molar-refractivity contribution in [1.82, 2.24) is 0 Å². The highest BCUT2D eigenvalue weighted by atomic mass is 16.5. The third-order valence-corrected chi connectivity index (χ3v) is 5.45. The van der Waals surface area contributed by atoms with Crippen LogP contribution in [0.1, 0.15) is 50.4 Å². The van der Waals surface area contributed by atoms with Crippen molar-refractivity contribution in [2.75, 3.05) is 23.9 Å². The molecule has 2 atom stereocenters. The summed E-state index contributed by atoms with van der Waals surface area (Å²) < 4.78 is 10.7. The van der Waals surface area contributed by atoms with Gasteiger partial charge < -0.3 is 30.5 Å². The quantitative estimate of drug-likeness (QED) is 0.268. The number of carbonyl (C=O) groups excluding carboxylic acids is 2. The minimum atomic E-state index is -0.969. The van der Waals surface area contributed by atoms with Crippen LogP contribution in [0.3, 0.4) is 0 Å². The predicted octanol–water partition coefficient (Wildman–Crippen LogP) is 1.93. The van der Waals surface area contributed by atoms with E-state index in [0.717, 1.165) is 0 Å². The molecule has 1 aromatic rings. The van der Waals surface area contributed by atoms with Crippen LogP contribution >= 0.6 is 0 Å². The highest BCUT2D eigenvalue weighted by Crippen LogP contribution is 2.58. The fourth-order valence-electron chi connectivity index (χ4n) is 3.88. The molecule has 10 heteroatoms. The Morgan fingerprint density at radius 2 is 2.03 bits per heavy atom. The van der Waals surface area contributed by atoms with Crippen molar-refractivity contribution in [3.05, 3.63) is 23.8 Å². The van der Waals surface area contributed by atoms with Gasteiger partial charge in [0.15, 0.2) is 5.96 Å². The van der Waals surface area contributed by atoms with Crippen molar-refractivity contribution in [3.8, 4) is 0 Å². The highest BCUT2D eigenvalue weighted by Gasteiger charge is 2.69. The van der Waals surface area contributed by atoms with E-state index in [1.165, 1.54) is 31.1 Å². The maximum absolute atomic E-state index is 12.1. The van der Waals surface area contributed by atoms with Gasteiger partial charge in [0.25, 0.3) is 0 Å². The first-order valence-electron chi connectivity index (χ1n) is 9.51. The monoisotopic (exact) mass is 420 g/mol. The Kier molecular flexibility index (Phi) is 6.71. The summed E-state index contributed by atoms with van der Waals surface area (Å²) in [5.41, 5.74) is 5.40. The van der Waals surface area contributed by atoms with Gasteiger partial charge in [-0.3, -0.25) is 15.0 Å². The average molecular weight is 420 g/mol. The molecular formula is C20H28N4O6. The number of hydrogen-bond donors (Lipinski definition) is 4. The zero-order valence-corrected chi connectivity index (χ0v) is 17.6. The number of carbonyl (C=O) groups is 3. The summed E-state index contributed by atoms with van der Waals surface area (Å²) in [6, 6.07) is 4.56.